The molecule has 1 atom stereocenters. The normalized spacial score (nSPS) is 13.0. The number of aryl methyl sites for hydroxylation is 1. The highest BCUT2D eigenvalue weighted by atomic mass is 15.0. The molecule has 1 heterocycles. The predicted molar refractivity (Wildman–Crippen MR) is 56.9 cm³/mol. The van der Waals surface area contributed by atoms with Gasteiger partial charge in [-0.1, -0.05) is 19.9 Å². The van der Waals surface area contributed by atoms with Crippen LogP contribution < -0.4 is 5.32 Å². The Morgan fingerprint density at radius 2 is 1.92 bits per heavy atom. The third kappa shape index (κ3) is 3.05. The van der Waals surface area contributed by atoms with Crippen molar-refractivity contribution in [2.24, 2.45) is 5.92 Å². The molecule has 0 aliphatic heterocycles. The molecule has 0 bridgehead atoms. The van der Waals surface area contributed by atoms with Gasteiger partial charge in [-0.25, -0.2) is 4.98 Å². The van der Waals surface area contributed by atoms with E-state index in [1.54, 1.807) is 0 Å². The number of anilines is 1. The first-order valence-electron chi connectivity index (χ1n) is 4.79. The Morgan fingerprint density at radius 3 is 2.38 bits per heavy atom. The van der Waals surface area contributed by atoms with E-state index >= 15 is 0 Å². The standard InChI is InChI=1S/C11H18N2/c1-8(2)10(4)13-11-6-5-9(3)7-12-11/h5-8,10H,1-4H3,(H,12,13)/t10-/m1/s1. The Labute approximate surface area is 80.4 Å². The minimum Gasteiger partial charge on any atom is -0.367 e. The lowest BCUT2D eigenvalue weighted by molar-refractivity contribution is 0.558. The van der Waals surface area contributed by atoms with Crippen LogP contribution in [-0.4, -0.2) is 11.0 Å². The van der Waals surface area contributed by atoms with Crippen LogP contribution in [0.3, 0.4) is 0 Å². The Bertz CT molecular complexity index is 251. The molecule has 1 aromatic heterocycles. The number of nitrogens with one attached hydrogen (secondary N) is 1. The topological polar surface area (TPSA) is 24.9 Å². The van der Waals surface area contributed by atoms with Gasteiger partial charge in [0.25, 0.3) is 0 Å². The summed E-state index contributed by atoms with van der Waals surface area (Å²) in [5.74, 6) is 1.59. The number of aromatic nitrogens is 1. The van der Waals surface area contributed by atoms with Gasteiger partial charge in [-0.2, -0.15) is 0 Å². The third-order valence-electron chi connectivity index (χ3n) is 2.29. The highest BCUT2D eigenvalue weighted by molar-refractivity contribution is 5.36. The molecule has 0 fully saturated rings. The highest BCUT2D eigenvalue weighted by Gasteiger charge is 2.06. The van der Waals surface area contributed by atoms with Gasteiger partial charge in [-0.15, -0.1) is 0 Å². The zero-order chi connectivity index (χ0) is 9.84. The molecule has 13 heavy (non-hydrogen) atoms. The largest absolute Gasteiger partial charge is 0.367 e. The second-order valence-electron chi connectivity index (χ2n) is 3.90. The van der Waals surface area contributed by atoms with E-state index in [-0.39, 0.29) is 0 Å². The number of nitrogens with zero attached hydrogens (tertiary/aromatic N) is 1. The van der Waals surface area contributed by atoms with Crippen molar-refractivity contribution in [1.29, 1.82) is 0 Å². The lowest BCUT2D eigenvalue weighted by Gasteiger charge is -2.17. The van der Waals surface area contributed by atoms with Crippen molar-refractivity contribution in [3.63, 3.8) is 0 Å². The van der Waals surface area contributed by atoms with Crippen LogP contribution in [0.4, 0.5) is 5.82 Å². The second-order valence-corrected chi connectivity index (χ2v) is 3.90. The van der Waals surface area contributed by atoms with Crippen LogP contribution in [-0.2, 0) is 0 Å². The van der Waals surface area contributed by atoms with Crippen molar-refractivity contribution in [2.45, 2.75) is 33.7 Å². The summed E-state index contributed by atoms with van der Waals surface area (Å²) in [6.07, 6.45) is 1.88. The van der Waals surface area contributed by atoms with E-state index in [4.69, 9.17) is 0 Å². The first-order chi connectivity index (χ1) is 6.09. The van der Waals surface area contributed by atoms with Gasteiger partial charge in [0.1, 0.15) is 5.82 Å². The molecule has 0 spiro atoms. The lowest BCUT2D eigenvalue weighted by atomic mass is 10.1. The zero-order valence-corrected chi connectivity index (χ0v) is 8.83. The van der Waals surface area contributed by atoms with Gasteiger partial charge in [0.05, 0.1) is 0 Å². The van der Waals surface area contributed by atoms with E-state index in [2.05, 4.69) is 37.1 Å². The van der Waals surface area contributed by atoms with Crippen LogP contribution in [0.15, 0.2) is 18.3 Å². The maximum Gasteiger partial charge on any atom is 0.126 e. The summed E-state index contributed by atoms with van der Waals surface area (Å²) < 4.78 is 0. The Kier molecular flexibility index (Phi) is 3.29. The Hall–Kier alpha value is -1.05. The van der Waals surface area contributed by atoms with Crippen molar-refractivity contribution < 1.29 is 0 Å². The first-order valence-corrected chi connectivity index (χ1v) is 4.79. The fourth-order valence-corrected chi connectivity index (χ4v) is 0.953. The molecule has 0 aliphatic rings. The third-order valence-corrected chi connectivity index (χ3v) is 2.29. The molecule has 0 saturated carbocycles. The summed E-state index contributed by atoms with van der Waals surface area (Å²) in [5.41, 5.74) is 1.20. The molecule has 2 heteroatoms. The number of pyridine rings is 1. The Morgan fingerprint density at radius 1 is 1.23 bits per heavy atom. The molecular weight excluding hydrogens is 160 g/mol. The van der Waals surface area contributed by atoms with Gasteiger partial charge in [0.2, 0.25) is 0 Å². The predicted octanol–water partition coefficient (Wildman–Crippen LogP) is 2.85. The highest BCUT2D eigenvalue weighted by Crippen LogP contribution is 2.09. The average Bonchev–Trinajstić information content (AvgIpc) is 2.08. The van der Waals surface area contributed by atoms with E-state index in [0.29, 0.717) is 12.0 Å². The molecule has 0 radical (unpaired) electrons. The van der Waals surface area contributed by atoms with Crippen molar-refractivity contribution in [2.75, 3.05) is 5.32 Å². The van der Waals surface area contributed by atoms with E-state index in [1.807, 2.05) is 19.2 Å². The van der Waals surface area contributed by atoms with Crippen LogP contribution in [0.2, 0.25) is 0 Å². The summed E-state index contributed by atoms with van der Waals surface area (Å²) >= 11 is 0. The minimum atomic E-state index is 0.468. The summed E-state index contributed by atoms with van der Waals surface area (Å²) in [6, 6.07) is 4.56. The van der Waals surface area contributed by atoms with E-state index in [1.165, 1.54) is 5.56 Å². The maximum absolute atomic E-state index is 4.29. The van der Waals surface area contributed by atoms with Crippen molar-refractivity contribution in [3.8, 4) is 0 Å². The lowest BCUT2D eigenvalue weighted by Crippen LogP contribution is -2.21. The average molecular weight is 178 g/mol. The fourth-order valence-electron chi connectivity index (χ4n) is 0.953. The fraction of sp³-hybridized carbons (Fsp3) is 0.545. The smallest absolute Gasteiger partial charge is 0.126 e. The maximum atomic E-state index is 4.29. The summed E-state index contributed by atoms with van der Waals surface area (Å²) in [4.78, 5) is 4.29. The summed E-state index contributed by atoms with van der Waals surface area (Å²) in [7, 11) is 0. The minimum absolute atomic E-state index is 0.468. The van der Waals surface area contributed by atoms with Gasteiger partial charge in [0, 0.05) is 12.2 Å². The van der Waals surface area contributed by atoms with E-state index in [9.17, 15) is 0 Å². The first kappa shape index (κ1) is 10.0. The molecule has 1 rings (SSSR count). The summed E-state index contributed by atoms with van der Waals surface area (Å²) in [5, 5.41) is 3.36. The molecule has 1 aromatic rings. The van der Waals surface area contributed by atoms with Gasteiger partial charge < -0.3 is 5.32 Å². The SMILES string of the molecule is Cc1ccc(N[C@H](C)C(C)C)nc1. The van der Waals surface area contributed by atoms with Crippen LogP contribution in [0.5, 0.6) is 0 Å². The molecule has 72 valence electrons. The van der Waals surface area contributed by atoms with Gasteiger partial charge >= 0.3 is 0 Å². The second kappa shape index (κ2) is 4.26. The molecule has 2 nitrogen and oxygen atoms in total. The molecule has 0 aliphatic carbocycles. The van der Waals surface area contributed by atoms with E-state index < -0.39 is 0 Å². The van der Waals surface area contributed by atoms with Crippen molar-refractivity contribution in [3.05, 3.63) is 23.9 Å². The Balaban J connectivity index is 2.59. The molecule has 0 saturated heterocycles. The number of rotatable bonds is 3. The molecule has 0 aromatic carbocycles. The van der Waals surface area contributed by atoms with Crippen LogP contribution in [0, 0.1) is 12.8 Å². The van der Waals surface area contributed by atoms with Crippen molar-refractivity contribution in [1.82, 2.24) is 4.98 Å². The number of hydrogen-bond acceptors (Lipinski definition) is 2. The number of hydrogen-bond donors (Lipinski definition) is 1. The zero-order valence-electron chi connectivity index (χ0n) is 8.83. The molecular formula is C11H18N2. The molecule has 1 N–H and O–H groups in total. The van der Waals surface area contributed by atoms with Crippen LogP contribution in [0.25, 0.3) is 0 Å². The quantitative estimate of drug-likeness (QED) is 0.769. The van der Waals surface area contributed by atoms with Crippen molar-refractivity contribution >= 4 is 5.82 Å². The summed E-state index contributed by atoms with van der Waals surface area (Å²) in [6.45, 7) is 8.62. The monoisotopic (exact) mass is 178 g/mol. The van der Waals surface area contributed by atoms with Crippen LogP contribution in [0.1, 0.15) is 26.3 Å². The van der Waals surface area contributed by atoms with Gasteiger partial charge in [0.15, 0.2) is 0 Å². The van der Waals surface area contributed by atoms with Gasteiger partial charge in [-0.3, -0.25) is 0 Å². The molecule has 0 amide bonds. The van der Waals surface area contributed by atoms with Gasteiger partial charge in [-0.05, 0) is 31.4 Å². The van der Waals surface area contributed by atoms with Crippen LogP contribution >= 0.6 is 0 Å². The van der Waals surface area contributed by atoms with E-state index in [0.717, 1.165) is 5.82 Å². The molecule has 0 unspecified atom stereocenters.